The summed E-state index contributed by atoms with van der Waals surface area (Å²) in [7, 11) is 0. The lowest BCUT2D eigenvalue weighted by Crippen LogP contribution is -2.01. The van der Waals surface area contributed by atoms with Crippen LogP contribution >= 0.6 is 0 Å². The lowest BCUT2D eigenvalue weighted by Gasteiger charge is -2.07. The van der Waals surface area contributed by atoms with Crippen LogP contribution < -0.4 is 0 Å². The monoisotopic (exact) mass is 304 g/mol. The third kappa shape index (κ3) is 3.61. The molecule has 3 aromatic rings. The van der Waals surface area contributed by atoms with E-state index >= 15 is 0 Å². The summed E-state index contributed by atoms with van der Waals surface area (Å²) >= 11 is 0. The SMILES string of the molecule is Cc1nc2ccccc2n1Cc1ccc(C#CCCCO)cc1. The van der Waals surface area contributed by atoms with Crippen molar-refractivity contribution in [2.45, 2.75) is 26.3 Å². The quantitative estimate of drug-likeness (QED) is 0.591. The third-order valence-corrected chi connectivity index (χ3v) is 3.83. The number of hydrogen-bond acceptors (Lipinski definition) is 2. The van der Waals surface area contributed by atoms with Gasteiger partial charge in [0, 0.05) is 25.1 Å². The van der Waals surface area contributed by atoms with Crippen molar-refractivity contribution < 1.29 is 5.11 Å². The van der Waals surface area contributed by atoms with Crippen molar-refractivity contribution in [2.75, 3.05) is 6.61 Å². The number of fused-ring (bicyclic) bond motifs is 1. The second kappa shape index (κ2) is 7.13. The smallest absolute Gasteiger partial charge is 0.107 e. The first-order chi connectivity index (χ1) is 11.3. The first kappa shape index (κ1) is 15.3. The average molecular weight is 304 g/mol. The lowest BCUT2D eigenvalue weighted by molar-refractivity contribution is 0.290. The summed E-state index contributed by atoms with van der Waals surface area (Å²) < 4.78 is 2.23. The van der Waals surface area contributed by atoms with E-state index in [1.165, 1.54) is 5.56 Å². The molecule has 0 aliphatic heterocycles. The van der Waals surface area contributed by atoms with Gasteiger partial charge in [-0.1, -0.05) is 36.1 Å². The number of nitrogens with zero attached hydrogens (tertiary/aromatic N) is 2. The summed E-state index contributed by atoms with van der Waals surface area (Å²) in [6.45, 7) is 3.05. The van der Waals surface area contributed by atoms with Gasteiger partial charge in [0.1, 0.15) is 5.82 Å². The normalized spacial score (nSPS) is 10.5. The molecule has 0 amide bonds. The van der Waals surface area contributed by atoms with Gasteiger partial charge < -0.3 is 9.67 Å². The van der Waals surface area contributed by atoms with Crippen molar-refractivity contribution in [1.82, 2.24) is 9.55 Å². The highest BCUT2D eigenvalue weighted by atomic mass is 16.2. The van der Waals surface area contributed by atoms with Gasteiger partial charge in [-0.25, -0.2) is 4.98 Å². The molecule has 0 spiro atoms. The average Bonchev–Trinajstić information content (AvgIpc) is 2.89. The highest BCUT2D eigenvalue weighted by molar-refractivity contribution is 5.75. The van der Waals surface area contributed by atoms with Crippen LogP contribution in [0.2, 0.25) is 0 Å². The topological polar surface area (TPSA) is 38.0 Å². The van der Waals surface area contributed by atoms with Crippen molar-refractivity contribution in [3.05, 3.63) is 65.5 Å². The highest BCUT2D eigenvalue weighted by Crippen LogP contribution is 2.17. The van der Waals surface area contributed by atoms with Gasteiger partial charge in [0.25, 0.3) is 0 Å². The predicted octanol–water partition coefficient (Wildman–Crippen LogP) is 3.52. The minimum absolute atomic E-state index is 0.200. The molecule has 23 heavy (non-hydrogen) atoms. The Morgan fingerprint density at radius 1 is 1.09 bits per heavy atom. The van der Waals surface area contributed by atoms with Gasteiger partial charge in [-0.15, -0.1) is 0 Å². The summed E-state index contributed by atoms with van der Waals surface area (Å²) in [6, 6.07) is 16.6. The molecule has 2 aromatic carbocycles. The molecule has 3 heteroatoms. The summed E-state index contributed by atoms with van der Waals surface area (Å²) in [5.41, 5.74) is 4.45. The van der Waals surface area contributed by atoms with Crippen LogP contribution in [0.15, 0.2) is 48.5 Å². The van der Waals surface area contributed by atoms with Crippen molar-refractivity contribution in [3.63, 3.8) is 0 Å². The van der Waals surface area contributed by atoms with Crippen molar-refractivity contribution in [2.24, 2.45) is 0 Å². The van der Waals surface area contributed by atoms with Crippen LogP contribution in [0.5, 0.6) is 0 Å². The molecule has 0 saturated heterocycles. The Hall–Kier alpha value is -2.57. The molecule has 1 N–H and O–H groups in total. The molecular weight excluding hydrogens is 284 g/mol. The van der Waals surface area contributed by atoms with E-state index in [9.17, 15) is 0 Å². The number of hydrogen-bond donors (Lipinski definition) is 1. The van der Waals surface area contributed by atoms with E-state index in [1.54, 1.807) is 0 Å². The van der Waals surface area contributed by atoms with Gasteiger partial charge in [-0.3, -0.25) is 0 Å². The standard InChI is InChI=1S/C20H20N2O/c1-16-21-19-8-4-5-9-20(19)22(16)15-18-12-10-17(11-13-18)7-3-2-6-14-23/h4-5,8-13,23H,2,6,14-15H2,1H3. The van der Waals surface area contributed by atoms with Gasteiger partial charge in [0.15, 0.2) is 0 Å². The molecule has 1 aromatic heterocycles. The molecule has 0 aliphatic carbocycles. The molecule has 0 atom stereocenters. The Bertz CT molecular complexity index is 851. The molecule has 0 saturated carbocycles. The number of aliphatic hydroxyl groups is 1. The summed E-state index contributed by atoms with van der Waals surface area (Å²) in [5, 5.41) is 8.74. The third-order valence-electron chi connectivity index (χ3n) is 3.83. The van der Waals surface area contributed by atoms with Crippen LogP contribution in [0.25, 0.3) is 11.0 Å². The number of aliphatic hydroxyl groups excluding tert-OH is 1. The fraction of sp³-hybridized carbons (Fsp3) is 0.250. The van der Waals surface area contributed by atoms with Gasteiger partial charge in [0.05, 0.1) is 11.0 Å². The molecule has 3 nitrogen and oxygen atoms in total. The highest BCUT2D eigenvalue weighted by Gasteiger charge is 2.06. The van der Waals surface area contributed by atoms with Crippen molar-refractivity contribution >= 4 is 11.0 Å². The number of unbranched alkanes of at least 4 members (excludes halogenated alkanes) is 1. The molecule has 0 aliphatic rings. The molecule has 0 fully saturated rings. The van der Waals surface area contributed by atoms with Crippen LogP contribution in [0.1, 0.15) is 29.8 Å². The number of rotatable bonds is 4. The fourth-order valence-electron chi connectivity index (χ4n) is 2.60. The van der Waals surface area contributed by atoms with Gasteiger partial charge in [-0.2, -0.15) is 0 Å². The van der Waals surface area contributed by atoms with E-state index in [0.717, 1.165) is 41.8 Å². The van der Waals surface area contributed by atoms with Crippen LogP contribution in [-0.2, 0) is 6.54 Å². The zero-order chi connectivity index (χ0) is 16.1. The van der Waals surface area contributed by atoms with E-state index in [1.807, 2.05) is 25.1 Å². The summed E-state index contributed by atoms with van der Waals surface area (Å²) in [5.74, 6) is 7.23. The lowest BCUT2D eigenvalue weighted by atomic mass is 10.1. The zero-order valence-electron chi connectivity index (χ0n) is 13.3. The second-order valence-corrected chi connectivity index (χ2v) is 5.56. The first-order valence-corrected chi connectivity index (χ1v) is 7.88. The Morgan fingerprint density at radius 3 is 2.65 bits per heavy atom. The first-order valence-electron chi connectivity index (χ1n) is 7.88. The number of benzene rings is 2. The van der Waals surface area contributed by atoms with Gasteiger partial charge >= 0.3 is 0 Å². The molecule has 1 heterocycles. The van der Waals surface area contributed by atoms with E-state index < -0.39 is 0 Å². The van der Waals surface area contributed by atoms with E-state index in [4.69, 9.17) is 5.11 Å². The summed E-state index contributed by atoms with van der Waals surface area (Å²) in [6.07, 6.45) is 1.47. The minimum atomic E-state index is 0.200. The van der Waals surface area contributed by atoms with Crippen LogP contribution in [0, 0.1) is 18.8 Å². The fourth-order valence-corrected chi connectivity index (χ4v) is 2.60. The largest absolute Gasteiger partial charge is 0.396 e. The van der Waals surface area contributed by atoms with Gasteiger partial charge in [0.2, 0.25) is 0 Å². The Morgan fingerprint density at radius 2 is 1.87 bits per heavy atom. The molecule has 0 radical (unpaired) electrons. The van der Waals surface area contributed by atoms with E-state index in [0.29, 0.717) is 0 Å². The number of aryl methyl sites for hydroxylation is 1. The van der Waals surface area contributed by atoms with E-state index in [2.05, 4.69) is 51.7 Å². The Kier molecular flexibility index (Phi) is 4.75. The maximum atomic E-state index is 8.74. The Labute approximate surface area is 136 Å². The zero-order valence-corrected chi connectivity index (χ0v) is 13.3. The van der Waals surface area contributed by atoms with Gasteiger partial charge in [-0.05, 0) is 43.2 Å². The number of para-hydroxylation sites is 2. The molecule has 116 valence electrons. The maximum absolute atomic E-state index is 8.74. The molecule has 3 rings (SSSR count). The summed E-state index contributed by atoms with van der Waals surface area (Å²) in [4.78, 5) is 4.60. The Balaban J connectivity index is 1.77. The molecule has 0 bridgehead atoms. The molecular formula is C20H20N2O. The minimum Gasteiger partial charge on any atom is -0.396 e. The van der Waals surface area contributed by atoms with Crippen LogP contribution in [-0.4, -0.2) is 21.3 Å². The number of imidazole rings is 1. The van der Waals surface area contributed by atoms with E-state index in [-0.39, 0.29) is 6.61 Å². The van der Waals surface area contributed by atoms with Crippen LogP contribution in [0.4, 0.5) is 0 Å². The second-order valence-electron chi connectivity index (χ2n) is 5.56. The molecule has 0 unspecified atom stereocenters. The van der Waals surface area contributed by atoms with Crippen molar-refractivity contribution in [1.29, 1.82) is 0 Å². The van der Waals surface area contributed by atoms with Crippen molar-refractivity contribution in [3.8, 4) is 11.8 Å². The maximum Gasteiger partial charge on any atom is 0.107 e. The van der Waals surface area contributed by atoms with Crippen LogP contribution in [0.3, 0.4) is 0 Å². The predicted molar refractivity (Wildman–Crippen MR) is 93.2 cm³/mol. The number of aromatic nitrogens is 2.